The lowest BCUT2D eigenvalue weighted by atomic mass is 9.81. The van der Waals surface area contributed by atoms with Crippen LogP contribution in [-0.2, 0) is 9.53 Å². The van der Waals surface area contributed by atoms with Gasteiger partial charge in [0.05, 0.1) is 6.61 Å². The summed E-state index contributed by atoms with van der Waals surface area (Å²) in [4.78, 5) is 11.5. The number of hydrogen-bond donors (Lipinski definition) is 1. The Hall–Kier alpha value is -0.350. The number of alkyl halides is 2. The fourth-order valence-electron chi connectivity index (χ4n) is 1.61. The van der Waals surface area contributed by atoms with Crippen LogP contribution in [0.15, 0.2) is 24.3 Å². The maximum absolute atomic E-state index is 11.5. The van der Waals surface area contributed by atoms with E-state index in [4.69, 9.17) is 27.9 Å². The van der Waals surface area contributed by atoms with Crippen molar-refractivity contribution in [1.82, 2.24) is 0 Å². The Labute approximate surface area is 111 Å². The molecule has 0 bridgehead atoms. The van der Waals surface area contributed by atoms with Crippen molar-refractivity contribution in [2.75, 3.05) is 12.5 Å². The van der Waals surface area contributed by atoms with Gasteiger partial charge in [0.1, 0.15) is 11.2 Å². The third kappa shape index (κ3) is 3.81. The van der Waals surface area contributed by atoms with Crippen molar-refractivity contribution in [2.45, 2.75) is 24.5 Å². The first-order chi connectivity index (χ1) is 8.00. The molecule has 17 heavy (non-hydrogen) atoms. The SMILES string of the molecule is CC(=O)C1(O)C=CC=CC1COC(Cl)CCCl. The number of ketones is 1. The van der Waals surface area contributed by atoms with Crippen molar-refractivity contribution in [3.63, 3.8) is 0 Å². The Bertz CT molecular complexity index is 328. The maximum Gasteiger partial charge on any atom is 0.165 e. The van der Waals surface area contributed by atoms with E-state index in [2.05, 4.69) is 0 Å². The normalized spacial score (nSPS) is 29.3. The predicted molar refractivity (Wildman–Crippen MR) is 68.3 cm³/mol. The van der Waals surface area contributed by atoms with E-state index in [1.54, 1.807) is 18.2 Å². The molecule has 0 aliphatic heterocycles. The highest BCUT2D eigenvalue weighted by atomic mass is 35.5. The summed E-state index contributed by atoms with van der Waals surface area (Å²) in [6, 6.07) is 0. The Morgan fingerprint density at radius 3 is 2.88 bits per heavy atom. The van der Waals surface area contributed by atoms with Crippen LogP contribution in [0.1, 0.15) is 13.3 Å². The molecule has 0 amide bonds. The van der Waals surface area contributed by atoms with Gasteiger partial charge in [0.15, 0.2) is 5.78 Å². The predicted octanol–water partition coefficient (Wildman–Crippen LogP) is 2.26. The van der Waals surface area contributed by atoms with E-state index in [0.717, 1.165) is 0 Å². The molecule has 0 saturated carbocycles. The number of carbonyl (C=O) groups is 1. The van der Waals surface area contributed by atoms with Crippen LogP contribution in [0.25, 0.3) is 0 Å². The van der Waals surface area contributed by atoms with Gasteiger partial charge >= 0.3 is 0 Å². The number of Topliss-reactive ketones (excluding diaryl/α,β-unsaturated/α-hetero) is 1. The van der Waals surface area contributed by atoms with Gasteiger partial charge in [0, 0.05) is 18.2 Å². The summed E-state index contributed by atoms with van der Waals surface area (Å²) in [7, 11) is 0. The Balaban J connectivity index is 2.60. The molecule has 96 valence electrons. The Kier molecular flexibility index (Phi) is 5.67. The smallest absolute Gasteiger partial charge is 0.165 e. The van der Waals surface area contributed by atoms with Crippen LogP contribution in [-0.4, -0.2) is 34.5 Å². The minimum absolute atomic E-state index is 0.183. The molecule has 1 rings (SSSR count). The summed E-state index contributed by atoms with van der Waals surface area (Å²) in [5.74, 6) is -0.317. The molecule has 1 aliphatic carbocycles. The van der Waals surface area contributed by atoms with Gasteiger partial charge in [-0.2, -0.15) is 0 Å². The Morgan fingerprint density at radius 2 is 2.29 bits per heavy atom. The summed E-state index contributed by atoms with van der Waals surface area (Å²) in [6.07, 6.45) is 7.17. The molecular weight excluding hydrogens is 263 g/mol. The molecule has 5 heteroatoms. The second-order valence-electron chi connectivity index (χ2n) is 3.95. The van der Waals surface area contributed by atoms with Crippen LogP contribution in [0.4, 0.5) is 0 Å². The highest BCUT2D eigenvalue weighted by Crippen LogP contribution is 2.26. The lowest BCUT2D eigenvalue weighted by Gasteiger charge is -2.31. The lowest BCUT2D eigenvalue weighted by Crippen LogP contribution is -2.45. The average molecular weight is 279 g/mol. The minimum Gasteiger partial charge on any atom is -0.377 e. The van der Waals surface area contributed by atoms with Gasteiger partial charge in [0.2, 0.25) is 0 Å². The standard InChI is InChI=1S/C12H16Cl2O3/c1-9(15)12(16)6-3-2-4-10(12)8-17-11(14)5-7-13/h2-4,6,10-11,16H,5,7-8H2,1H3. The minimum atomic E-state index is -1.49. The number of halogens is 2. The number of aliphatic hydroxyl groups is 1. The Morgan fingerprint density at radius 1 is 1.59 bits per heavy atom. The van der Waals surface area contributed by atoms with Crippen LogP contribution >= 0.6 is 23.2 Å². The molecule has 0 aromatic carbocycles. The van der Waals surface area contributed by atoms with Gasteiger partial charge in [0.25, 0.3) is 0 Å². The van der Waals surface area contributed by atoms with Gasteiger partial charge in [-0.25, -0.2) is 0 Å². The topological polar surface area (TPSA) is 46.5 Å². The quantitative estimate of drug-likeness (QED) is 0.759. The molecule has 0 aromatic heterocycles. The summed E-state index contributed by atoms with van der Waals surface area (Å²) in [5, 5.41) is 10.2. The van der Waals surface area contributed by atoms with Gasteiger partial charge in [-0.1, -0.05) is 29.8 Å². The average Bonchev–Trinajstić information content (AvgIpc) is 2.28. The number of hydrogen-bond acceptors (Lipinski definition) is 3. The first kappa shape index (κ1) is 14.7. The van der Waals surface area contributed by atoms with Crippen LogP contribution < -0.4 is 0 Å². The summed E-state index contributed by atoms with van der Waals surface area (Å²) in [6.45, 7) is 1.54. The zero-order valence-corrected chi connectivity index (χ0v) is 11.1. The van der Waals surface area contributed by atoms with Crippen LogP contribution in [0.3, 0.4) is 0 Å². The third-order valence-electron chi connectivity index (χ3n) is 2.73. The molecule has 0 aromatic rings. The van der Waals surface area contributed by atoms with Gasteiger partial charge in [-0.05, 0) is 13.0 Å². The van der Waals surface area contributed by atoms with Crippen LogP contribution in [0.5, 0.6) is 0 Å². The molecule has 3 nitrogen and oxygen atoms in total. The first-order valence-corrected chi connectivity index (χ1v) is 6.39. The molecule has 0 heterocycles. The summed E-state index contributed by atoms with van der Waals surface area (Å²) >= 11 is 11.4. The summed E-state index contributed by atoms with van der Waals surface area (Å²) in [5.41, 5.74) is -1.99. The van der Waals surface area contributed by atoms with Gasteiger partial charge < -0.3 is 9.84 Å². The molecular formula is C12H16Cl2O3. The van der Waals surface area contributed by atoms with E-state index in [0.29, 0.717) is 12.3 Å². The highest BCUT2D eigenvalue weighted by molar-refractivity contribution is 6.21. The summed E-state index contributed by atoms with van der Waals surface area (Å²) < 4.78 is 5.35. The van der Waals surface area contributed by atoms with E-state index in [-0.39, 0.29) is 12.4 Å². The second kappa shape index (κ2) is 6.55. The van der Waals surface area contributed by atoms with E-state index in [1.165, 1.54) is 13.0 Å². The van der Waals surface area contributed by atoms with Crippen molar-refractivity contribution < 1.29 is 14.6 Å². The van der Waals surface area contributed by atoms with E-state index in [9.17, 15) is 9.90 Å². The van der Waals surface area contributed by atoms with Crippen LogP contribution in [0.2, 0.25) is 0 Å². The zero-order chi connectivity index (χ0) is 12.9. The van der Waals surface area contributed by atoms with E-state index in [1.807, 2.05) is 0 Å². The molecule has 1 N–H and O–H groups in total. The van der Waals surface area contributed by atoms with Crippen LogP contribution in [0, 0.1) is 5.92 Å². The van der Waals surface area contributed by atoms with Crippen molar-refractivity contribution in [3.05, 3.63) is 24.3 Å². The fourth-order valence-corrected chi connectivity index (χ4v) is 2.10. The second-order valence-corrected chi connectivity index (χ2v) is 4.82. The molecule has 0 saturated heterocycles. The monoisotopic (exact) mass is 278 g/mol. The van der Waals surface area contributed by atoms with Gasteiger partial charge in [-0.15, -0.1) is 11.6 Å². The largest absolute Gasteiger partial charge is 0.377 e. The van der Waals surface area contributed by atoms with Crippen molar-refractivity contribution in [3.8, 4) is 0 Å². The fraction of sp³-hybridized carbons (Fsp3) is 0.583. The number of ether oxygens (including phenoxy) is 1. The van der Waals surface area contributed by atoms with Crippen molar-refractivity contribution >= 4 is 29.0 Å². The molecule has 0 radical (unpaired) electrons. The maximum atomic E-state index is 11.5. The lowest BCUT2D eigenvalue weighted by molar-refractivity contribution is -0.135. The highest BCUT2D eigenvalue weighted by Gasteiger charge is 2.38. The van der Waals surface area contributed by atoms with Crippen molar-refractivity contribution in [2.24, 2.45) is 5.92 Å². The third-order valence-corrected chi connectivity index (χ3v) is 3.29. The zero-order valence-electron chi connectivity index (χ0n) is 9.61. The van der Waals surface area contributed by atoms with E-state index < -0.39 is 17.1 Å². The molecule has 3 atom stereocenters. The molecule has 1 aliphatic rings. The van der Waals surface area contributed by atoms with E-state index >= 15 is 0 Å². The first-order valence-electron chi connectivity index (χ1n) is 5.41. The molecule has 0 spiro atoms. The van der Waals surface area contributed by atoms with Gasteiger partial charge in [-0.3, -0.25) is 4.79 Å². The number of rotatable bonds is 6. The molecule has 3 unspecified atom stereocenters. The van der Waals surface area contributed by atoms with Crippen molar-refractivity contribution in [1.29, 1.82) is 0 Å². The number of allylic oxidation sites excluding steroid dienone is 2. The molecule has 0 fully saturated rings. The number of carbonyl (C=O) groups excluding carboxylic acids is 1.